The molecule has 0 radical (unpaired) electrons. The number of aliphatic hydroxyl groups excluding tert-OH is 1. The van der Waals surface area contributed by atoms with Crippen molar-refractivity contribution < 1.29 is 14.3 Å². The summed E-state index contributed by atoms with van der Waals surface area (Å²) in [5.74, 6) is 0.573. The van der Waals surface area contributed by atoms with E-state index >= 15 is 0 Å². The van der Waals surface area contributed by atoms with Crippen LogP contribution < -0.4 is 16.0 Å². The van der Waals surface area contributed by atoms with Crippen LogP contribution >= 0.6 is 11.6 Å². The van der Waals surface area contributed by atoms with Crippen LogP contribution in [-0.4, -0.2) is 49.1 Å². The zero-order valence-electron chi connectivity index (χ0n) is 19.8. The Labute approximate surface area is 213 Å². The summed E-state index contributed by atoms with van der Waals surface area (Å²) in [7, 11) is 0. The maximum Gasteiger partial charge on any atom is 0.223 e. The average molecular weight is 514 g/mol. The number of nitrogens with one attached hydrogen (secondary N) is 3. The molecule has 0 atom stereocenters. The number of carbonyl (C=O) groups excluding carboxylic acids is 1. The molecule has 2 fully saturated rings. The van der Waals surface area contributed by atoms with Gasteiger partial charge in [0.15, 0.2) is 5.82 Å². The lowest BCUT2D eigenvalue weighted by Gasteiger charge is -2.31. The molecule has 0 saturated heterocycles. The summed E-state index contributed by atoms with van der Waals surface area (Å²) in [5.41, 5.74) is 1.68. The van der Waals surface area contributed by atoms with E-state index in [1.807, 2.05) is 0 Å². The lowest BCUT2D eigenvalue weighted by molar-refractivity contribution is -0.127. The van der Waals surface area contributed by atoms with Crippen LogP contribution in [0.25, 0.3) is 11.0 Å². The molecule has 2 saturated carbocycles. The number of carbonyl (C=O) groups is 1. The smallest absolute Gasteiger partial charge is 0.223 e. The number of aromatic nitrogens is 4. The van der Waals surface area contributed by atoms with E-state index in [1.54, 1.807) is 12.3 Å². The normalized spacial score (nSPS) is 24.3. The fraction of sp³-hybridized carbons (Fsp3) is 0.480. The van der Waals surface area contributed by atoms with Gasteiger partial charge in [-0.3, -0.25) is 4.79 Å². The molecule has 2 aromatic heterocycles. The van der Waals surface area contributed by atoms with E-state index < -0.39 is 5.82 Å². The Hall–Kier alpha value is -3.11. The van der Waals surface area contributed by atoms with Gasteiger partial charge in [-0.25, -0.2) is 24.3 Å². The van der Waals surface area contributed by atoms with Gasteiger partial charge in [0.05, 0.1) is 17.3 Å². The van der Waals surface area contributed by atoms with Crippen LogP contribution in [0.1, 0.15) is 51.4 Å². The highest BCUT2D eigenvalue weighted by molar-refractivity contribution is 6.31. The van der Waals surface area contributed by atoms with Gasteiger partial charge in [0.2, 0.25) is 11.9 Å². The first-order valence-electron chi connectivity index (χ1n) is 12.4. The van der Waals surface area contributed by atoms with Crippen molar-refractivity contribution in [3.63, 3.8) is 0 Å². The number of rotatable bonds is 6. The van der Waals surface area contributed by atoms with Crippen molar-refractivity contribution in [2.24, 2.45) is 5.92 Å². The molecule has 2 aliphatic rings. The number of nitrogens with zero attached hydrogens (tertiary/aromatic N) is 4. The van der Waals surface area contributed by atoms with Gasteiger partial charge >= 0.3 is 0 Å². The molecule has 2 heterocycles. The van der Waals surface area contributed by atoms with E-state index in [2.05, 4.69) is 35.9 Å². The first-order chi connectivity index (χ1) is 17.4. The van der Waals surface area contributed by atoms with Gasteiger partial charge in [0, 0.05) is 23.7 Å². The third-order valence-electron chi connectivity index (χ3n) is 7.03. The summed E-state index contributed by atoms with van der Waals surface area (Å²) < 4.78 is 13.5. The van der Waals surface area contributed by atoms with Gasteiger partial charge in [0.1, 0.15) is 23.2 Å². The molecule has 5 rings (SSSR count). The Morgan fingerprint density at radius 3 is 2.50 bits per heavy atom. The fourth-order valence-electron chi connectivity index (χ4n) is 4.95. The molecule has 9 nitrogen and oxygen atoms in total. The van der Waals surface area contributed by atoms with Crippen molar-refractivity contribution in [3.8, 4) is 0 Å². The number of halogens is 2. The van der Waals surface area contributed by atoms with Gasteiger partial charge in [-0.1, -0.05) is 11.6 Å². The lowest BCUT2D eigenvalue weighted by atomic mass is 9.84. The van der Waals surface area contributed by atoms with Crippen LogP contribution in [0.5, 0.6) is 0 Å². The van der Waals surface area contributed by atoms with Crippen LogP contribution in [0.4, 0.5) is 21.8 Å². The van der Waals surface area contributed by atoms with Crippen LogP contribution in [0.3, 0.4) is 0 Å². The van der Waals surface area contributed by atoms with E-state index in [1.165, 1.54) is 18.5 Å². The Balaban J connectivity index is 1.20. The molecule has 0 bridgehead atoms. The predicted octanol–water partition coefficient (Wildman–Crippen LogP) is 4.35. The maximum atomic E-state index is 13.5. The first kappa shape index (κ1) is 24.6. The second kappa shape index (κ2) is 10.9. The summed E-state index contributed by atoms with van der Waals surface area (Å²) in [5, 5.41) is 19.4. The standard InChI is InChI=1S/C25H29ClFN7O2/c26-19-11-17(7-10-20(19)27)31-23-22-21(29-13-30-23)12-28-25(34-22)33-16-3-1-14(2-4-16)24(36)32-15-5-8-18(35)9-6-15/h7,10-16,18,35H,1-6,8-9H2,(H,32,36)(H,28,33,34)(H,29,30,31)/t14?,15-,16?,18-. The highest BCUT2D eigenvalue weighted by Crippen LogP contribution is 2.29. The van der Waals surface area contributed by atoms with Gasteiger partial charge in [-0.2, -0.15) is 0 Å². The van der Waals surface area contributed by atoms with Crippen molar-refractivity contribution in [1.82, 2.24) is 25.3 Å². The lowest BCUT2D eigenvalue weighted by Crippen LogP contribution is -2.43. The Morgan fingerprint density at radius 2 is 1.75 bits per heavy atom. The molecule has 11 heteroatoms. The maximum absolute atomic E-state index is 13.5. The fourth-order valence-corrected chi connectivity index (χ4v) is 5.13. The van der Waals surface area contributed by atoms with Crippen molar-refractivity contribution in [2.45, 2.75) is 69.6 Å². The number of amides is 1. The monoisotopic (exact) mass is 513 g/mol. The van der Waals surface area contributed by atoms with E-state index in [4.69, 9.17) is 11.6 Å². The number of anilines is 3. The largest absolute Gasteiger partial charge is 0.393 e. The minimum absolute atomic E-state index is 0.0113. The first-order valence-corrected chi connectivity index (χ1v) is 12.8. The Bertz CT molecular complexity index is 1230. The van der Waals surface area contributed by atoms with Crippen molar-refractivity contribution in [2.75, 3.05) is 10.6 Å². The highest BCUT2D eigenvalue weighted by Gasteiger charge is 2.29. The molecule has 3 aromatic rings. The molecule has 0 aliphatic heterocycles. The molecule has 0 spiro atoms. The molecule has 4 N–H and O–H groups in total. The zero-order chi connectivity index (χ0) is 25.1. The molecule has 36 heavy (non-hydrogen) atoms. The van der Waals surface area contributed by atoms with Gasteiger partial charge in [0.25, 0.3) is 0 Å². The molecular weight excluding hydrogens is 485 g/mol. The summed E-state index contributed by atoms with van der Waals surface area (Å²) in [4.78, 5) is 30.3. The third kappa shape index (κ3) is 5.82. The zero-order valence-corrected chi connectivity index (χ0v) is 20.5. The summed E-state index contributed by atoms with van der Waals surface area (Å²) in [6.07, 6.45) is 9.30. The average Bonchev–Trinajstić information content (AvgIpc) is 2.88. The Kier molecular flexibility index (Phi) is 7.43. The number of benzene rings is 1. The van der Waals surface area contributed by atoms with Gasteiger partial charge in [-0.15, -0.1) is 0 Å². The number of hydrogen-bond donors (Lipinski definition) is 4. The van der Waals surface area contributed by atoms with Crippen LogP contribution in [0.15, 0.2) is 30.7 Å². The van der Waals surface area contributed by atoms with E-state index in [-0.39, 0.29) is 35.0 Å². The number of aliphatic hydroxyl groups is 1. The highest BCUT2D eigenvalue weighted by atomic mass is 35.5. The third-order valence-corrected chi connectivity index (χ3v) is 7.32. The molecule has 1 aromatic carbocycles. The van der Waals surface area contributed by atoms with Gasteiger partial charge in [-0.05, 0) is 69.6 Å². The van der Waals surface area contributed by atoms with Gasteiger partial charge < -0.3 is 21.1 Å². The molecule has 0 unspecified atom stereocenters. The Morgan fingerprint density at radius 1 is 1.00 bits per heavy atom. The van der Waals surface area contributed by atoms with Crippen molar-refractivity contribution in [1.29, 1.82) is 0 Å². The quantitative estimate of drug-likeness (QED) is 0.383. The van der Waals surface area contributed by atoms with Crippen LogP contribution in [-0.2, 0) is 4.79 Å². The second-order valence-electron chi connectivity index (χ2n) is 9.61. The number of hydrogen-bond acceptors (Lipinski definition) is 8. The number of fused-ring (bicyclic) bond motifs is 1. The summed E-state index contributed by atoms with van der Waals surface area (Å²) >= 11 is 5.90. The minimum Gasteiger partial charge on any atom is -0.393 e. The summed E-state index contributed by atoms with van der Waals surface area (Å²) in [6.45, 7) is 0. The van der Waals surface area contributed by atoms with E-state index in [0.717, 1.165) is 51.4 Å². The van der Waals surface area contributed by atoms with Crippen LogP contribution in [0.2, 0.25) is 5.02 Å². The molecule has 1 amide bonds. The van der Waals surface area contributed by atoms with Crippen molar-refractivity contribution >= 4 is 46.0 Å². The van der Waals surface area contributed by atoms with E-state index in [0.29, 0.717) is 28.5 Å². The summed E-state index contributed by atoms with van der Waals surface area (Å²) in [6, 6.07) is 4.68. The van der Waals surface area contributed by atoms with E-state index in [9.17, 15) is 14.3 Å². The molecule has 190 valence electrons. The molecular formula is C25H29ClFN7O2. The second-order valence-corrected chi connectivity index (χ2v) is 10.0. The van der Waals surface area contributed by atoms with Crippen LogP contribution in [0, 0.1) is 11.7 Å². The SMILES string of the molecule is O=C(N[C@H]1CC[C@H](O)CC1)C1CCC(Nc2ncc3ncnc(Nc4ccc(F)c(Cl)c4)c3n2)CC1. The molecule has 2 aliphatic carbocycles. The van der Waals surface area contributed by atoms with Crippen molar-refractivity contribution in [3.05, 3.63) is 41.6 Å². The predicted molar refractivity (Wildman–Crippen MR) is 136 cm³/mol. The minimum atomic E-state index is -0.496. The topological polar surface area (TPSA) is 125 Å².